The molecule has 0 saturated heterocycles. The van der Waals surface area contributed by atoms with Crippen LogP contribution in [0.2, 0.25) is 0 Å². The van der Waals surface area contributed by atoms with Crippen molar-refractivity contribution in [2.75, 3.05) is 0 Å². The van der Waals surface area contributed by atoms with E-state index in [1.165, 1.54) is 55.3 Å². The number of halogens is 2. The molecular formula is C26H28F2Zr. The van der Waals surface area contributed by atoms with E-state index >= 15 is 0 Å². The molecule has 0 nitrogen and oxygen atoms in total. The van der Waals surface area contributed by atoms with E-state index < -0.39 is 24.5 Å². The molecule has 29 heavy (non-hydrogen) atoms. The predicted molar refractivity (Wildman–Crippen MR) is 118 cm³/mol. The van der Waals surface area contributed by atoms with E-state index in [1.54, 1.807) is 0 Å². The Bertz CT molecular complexity index is 975. The first-order valence-electron chi connectivity index (χ1n) is 9.69. The Balaban J connectivity index is 0.000000199. The summed E-state index contributed by atoms with van der Waals surface area (Å²) in [5, 5.41) is 2.69. The number of hydrogen-bond acceptors (Lipinski definition) is 0. The van der Waals surface area contributed by atoms with Gasteiger partial charge >= 0.3 is 29.7 Å². The summed E-state index contributed by atoms with van der Waals surface area (Å²) in [6.07, 6.45) is 0. The molecule has 4 aromatic carbocycles. The van der Waals surface area contributed by atoms with Crippen molar-refractivity contribution >= 4 is 10.8 Å². The molecule has 0 spiro atoms. The third kappa shape index (κ3) is 5.60. The van der Waals surface area contributed by atoms with Gasteiger partial charge in [-0.25, -0.2) is 0 Å². The summed E-state index contributed by atoms with van der Waals surface area (Å²) in [7, 11) is 0. The van der Waals surface area contributed by atoms with Crippen LogP contribution in [0.1, 0.15) is 33.4 Å². The van der Waals surface area contributed by atoms with Crippen LogP contribution in [0.15, 0.2) is 60.7 Å². The summed E-state index contributed by atoms with van der Waals surface area (Å²) in [4.78, 5) is 0. The Morgan fingerprint density at radius 3 is 1.83 bits per heavy atom. The van der Waals surface area contributed by atoms with Gasteiger partial charge in [-0.15, -0.1) is 34.5 Å². The fourth-order valence-electron chi connectivity index (χ4n) is 3.66. The topological polar surface area (TPSA) is 0 Å². The van der Waals surface area contributed by atoms with Crippen LogP contribution < -0.4 is 0 Å². The molecule has 0 aliphatic rings. The third-order valence-electron chi connectivity index (χ3n) is 5.79. The SMILES string of the molecule is Cc1c(C)c(C)[c-](C)c1C.Cc1cc2c(-c3ccccc3)cccc2[cH-]1.[F][Zr+2][F]. The van der Waals surface area contributed by atoms with Crippen molar-refractivity contribution in [3.63, 3.8) is 0 Å². The van der Waals surface area contributed by atoms with Crippen molar-refractivity contribution in [3.8, 4) is 11.1 Å². The molecule has 150 valence electrons. The van der Waals surface area contributed by atoms with Crippen molar-refractivity contribution in [2.45, 2.75) is 41.5 Å². The molecule has 0 amide bonds. The van der Waals surface area contributed by atoms with Gasteiger partial charge in [-0.1, -0.05) is 83.5 Å². The minimum absolute atomic E-state index is 1.29. The molecule has 4 rings (SSSR count). The number of rotatable bonds is 1. The number of aryl methyl sites for hydroxylation is 1. The second-order valence-electron chi connectivity index (χ2n) is 7.40. The van der Waals surface area contributed by atoms with E-state index in [-0.39, 0.29) is 0 Å². The molecule has 0 N–H and O–H groups in total. The predicted octanol–water partition coefficient (Wildman–Crippen LogP) is 8.32. The fourth-order valence-corrected chi connectivity index (χ4v) is 3.66. The first-order chi connectivity index (χ1) is 13.8. The standard InChI is InChI=1S/C16H13.C10H15.2FH.Zr/c1-12-10-14-8-5-9-15(16(14)11-12)13-6-3-2-4-7-13;1-6-7(2)9(4)10(5)8(6)3;;;/h2-11H,1H3;1-5H3;2*1H;/q2*-1;;;+4/p-2. The van der Waals surface area contributed by atoms with Crippen LogP contribution in [0.5, 0.6) is 0 Å². The monoisotopic (exact) mass is 468 g/mol. The van der Waals surface area contributed by atoms with Crippen LogP contribution in [0.4, 0.5) is 5.25 Å². The minimum atomic E-state index is -2.77. The Labute approximate surface area is 186 Å². The van der Waals surface area contributed by atoms with Crippen LogP contribution in [-0.2, 0) is 24.5 Å². The molecule has 0 atom stereocenters. The van der Waals surface area contributed by atoms with Crippen molar-refractivity contribution < 1.29 is 29.7 Å². The number of fused-ring (bicyclic) bond motifs is 1. The van der Waals surface area contributed by atoms with E-state index in [2.05, 4.69) is 102 Å². The van der Waals surface area contributed by atoms with Crippen LogP contribution >= 0.6 is 0 Å². The Morgan fingerprint density at radius 1 is 0.793 bits per heavy atom. The van der Waals surface area contributed by atoms with Crippen molar-refractivity contribution in [3.05, 3.63) is 94.0 Å². The van der Waals surface area contributed by atoms with Gasteiger partial charge in [-0.3, -0.25) is 0 Å². The zero-order chi connectivity index (χ0) is 21.6. The molecular weight excluding hydrogens is 442 g/mol. The van der Waals surface area contributed by atoms with Crippen molar-refractivity contribution in [2.24, 2.45) is 0 Å². The van der Waals surface area contributed by atoms with Gasteiger partial charge in [0.25, 0.3) is 0 Å². The average molecular weight is 470 g/mol. The molecule has 4 aromatic rings. The second-order valence-corrected chi connectivity index (χ2v) is 7.75. The van der Waals surface area contributed by atoms with Gasteiger partial charge in [0, 0.05) is 0 Å². The molecule has 3 heteroatoms. The molecule has 0 bridgehead atoms. The van der Waals surface area contributed by atoms with Gasteiger partial charge in [0.05, 0.1) is 0 Å². The Kier molecular flexibility index (Phi) is 8.71. The third-order valence-corrected chi connectivity index (χ3v) is 5.79. The van der Waals surface area contributed by atoms with Gasteiger partial charge < -0.3 is 0 Å². The first-order valence-corrected chi connectivity index (χ1v) is 11.5. The molecule has 0 unspecified atom stereocenters. The summed E-state index contributed by atoms with van der Waals surface area (Å²) >= 11 is -2.77. The molecule has 0 fully saturated rings. The van der Waals surface area contributed by atoms with Crippen LogP contribution in [0, 0.1) is 41.5 Å². The van der Waals surface area contributed by atoms with Crippen LogP contribution in [0.3, 0.4) is 0 Å². The van der Waals surface area contributed by atoms with Gasteiger partial charge in [0.15, 0.2) is 0 Å². The van der Waals surface area contributed by atoms with Gasteiger partial charge in [0.1, 0.15) is 0 Å². The number of hydrogen-bond donors (Lipinski definition) is 0. The van der Waals surface area contributed by atoms with E-state index in [1.807, 2.05) is 0 Å². The average Bonchev–Trinajstić information content (AvgIpc) is 3.19. The van der Waals surface area contributed by atoms with Crippen molar-refractivity contribution in [1.29, 1.82) is 0 Å². The van der Waals surface area contributed by atoms with Crippen LogP contribution in [-0.4, -0.2) is 0 Å². The molecule has 0 radical (unpaired) electrons. The van der Waals surface area contributed by atoms with Gasteiger partial charge in [-0.2, -0.15) is 33.9 Å². The normalized spacial score (nSPS) is 9.93. The fraction of sp³-hybridized carbons (Fsp3) is 0.231. The Morgan fingerprint density at radius 2 is 1.34 bits per heavy atom. The maximum atomic E-state index is 9.80. The summed E-state index contributed by atoms with van der Waals surface area (Å²) in [5.74, 6) is 0. The summed E-state index contributed by atoms with van der Waals surface area (Å²) < 4.78 is 19.6. The maximum absolute atomic E-state index is 9.80. The van der Waals surface area contributed by atoms with E-state index in [0.29, 0.717) is 0 Å². The van der Waals surface area contributed by atoms with Crippen LogP contribution in [0.25, 0.3) is 21.9 Å². The molecule has 0 aliphatic carbocycles. The molecule has 0 aromatic heterocycles. The summed E-state index contributed by atoms with van der Waals surface area (Å²) in [6.45, 7) is 13.1. The Hall–Kier alpha value is -1.86. The summed E-state index contributed by atoms with van der Waals surface area (Å²) in [6, 6.07) is 21.6. The molecule has 0 heterocycles. The van der Waals surface area contributed by atoms with E-state index in [4.69, 9.17) is 0 Å². The second kappa shape index (κ2) is 10.8. The van der Waals surface area contributed by atoms with Crippen molar-refractivity contribution in [1.82, 2.24) is 0 Å². The van der Waals surface area contributed by atoms with E-state index in [0.717, 1.165) is 0 Å². The molecule has 0 saturated carbocycles. The zero-order valence-electron chi connectivity index (χ0n) is 18.0. The molecule has 0 aliphatic heterocycles. The van der Waals surface area contributed by atoms with Gasteiger partial charge in [0.2, 0.25) is 0 Å². The zero-order valence-corrected chi connectivity index (χ0v) is 20.5. The van der Waals surface area contributed by atoms with E-state index in [9.17, 15) is 5.25 Å². The van der Waals surface area contributed by atoms with Gasteiger partial charge in [-0.05, 0) is 5.56 Å². The summed E-state index contributed by atoms with van der Waals surface area (Å²) in [5.41, 5.74) is 11.3. The first kappa shape index (κ1) is 23.4. The quantitative estimate of drug-likeness (QED) is 0.246. The number of benzene rings is 2.